The summed E-state index contributed by atoms with van der Waals surface area (Å²) in [4.78, 5) is 4.32. The highest BCUT2D eigenvalue weighted by atomic mass is 16.5. The van der Waals surface area contributed by atoms with Gasteiger partial charge < -0.3 is 9.63 Å². The molecule has 96 valence electrons. The third-order valence-corrected chi connectivity index (χ3v) is 2.98. The lowest BCUT2D eigenvalue weighted by Crippen LogP contribution is -2.08. The number of rotatable bonds is 4. The van der Waals surface area contributed by atoms with Crippen LogP contribution in [0.1, 0.15) is 56.0 Å². The molecular formula is C14H18N2O2. The number of hydrogen-bond acceptors (Lipinski definition) is 4. The van der Waals surface area contributed by atoms with E-state index in [2.05, 4.69) is 10.1 Å². The molecule has 4 nitrogen and oxygen atoms in total. The molecule has 2 rings (SSSR count). The van der Waals surface area contributed by atoms with E-state index in [1.165, 1.54) is 0 Å². The molecule has 0 radical (unpaired) electrons. The number of hydrogen-bond donors (Lipinski definition) is 1. The lowest BCUT2D eigenvalue weighted by atomic mass is 9.97. The molecule has 0 aliphatic rings. The van der Waals surface area contributed by atoms with E-state index in [9.17, 15) is 5.11 Å². The molecule has 0 saturated carbocycles. The molecule has 2 unspecified atom stereocenters. The van der Waals surface area contributed by atoms with Crippen molar-refractivity contribution in [3.63, 3.8) is 0 Å². The third-order valence-electron chi connectivity index (χ3n) is 2.98. The van der Waals surface area contributed by atoms with E-state index in [-0.39, 0.29) is 11.8 Å². The van der Waals surface area contributed by atoms with Crippen LogP contribution in [0.3, 0.4) is 0 Å². The minimum atomic E-state index is -0.633. The van der Waals surface area contributed by atoms with Gasteiger partial charge in [-0.3, -0.25) is 0 Å². The van der Waals surface area contributed by atoms with Gasteiger partial charge in [0, 0.05) is 5.92 Å². The predicted molar refractivity (Wildman–Crippen MR) is 68.2 cm³/mol. The molecule has 0 aliphatic heterocycles. The van der Waals surface area contributed by atoms with Crippen LogP contribution in [0.5, 0.6) is 0 Å². The van der Waals surface area contributed by atoms with Crippen molar-refractivity contribution in [2.45, 2.75) is 38.7 Å². The molecule has 1 aromatic carbocycles. The Hall–Kier alpha value is -1.68. The van der Waals surface area contributed by atoms with Gasteiger partial charge in [0.1, 0.15) is 0 Å². The first-order valence-corrected chi connectivity index (χ1v) is 6.16. The normalized spacial score (nSPS) is 14.7. The van der Waals surface area contributed by atoms with Gasteiger partial charge in [-0.1, -0.05) is 56.3 Å². The predicted octanol–water partition coefficient (Wildman–Crippen LogP) is 3.03. The molecule has 2 atom stereocenters. The Morgan fingerprint density at radius 2 is 1.78 bits per heavy atom. The standard InChI is InChI=1S/C14H18N2O2/c1-9(2)13-15-14(18-16-13)10(3)12(17)11-7-5-4-6-8-11/h4-10,12,17H,1-3H3. The first kappa shape index (κ1) is 12.8. The van der Waals surface area contributed by atoms with Crippen molar-refractivity contribution >= 4 is 0 Å². The maximum atomic E-state index is 10.3. The molecule has 1 aromatic heterocycles. The molecular weight excluding hydrogens is 228 g/mol. The van der Waals surface area contributed by atoms with E-state index in [1.807, 2.05) is 51.1 Å². The fourth-order valence-electron chi connectivity index (χ4n) is 1.74. The first-order valence-electron chi connectivity index (χ1n) is 6.16. The number of nitrogens with zero attached hydrogens (tertiary/aromatic N) is 2. The zero-order chi connectivity index (χ0) is 13.1. The Kier molecular flexibility index (Phi) is 3.77. The van der Waals surface area contributed by atoms with E-state index < -0.39 is 6.10 Å². The van der Waals surface area contributed by atoms with E-state index in [1.54, 1.807) is 0 Å². The number of benzene rings is 1. The van der Waals surface area contributed by atoms with E-state index in [0.717, 1.165) is 5.56 Å². The van der Waals surface area contributed by atoms with Gasteiger partial charge in [0.2, 0.25) is 5.89 Å². The lowest BCUT2D eigenvalue weighted by Gasteiger charge is -2.15. The Labute approximate surface area is 107 Å². The summed E-state index contributed by atoms with van der Waals surface area (Å²) < 4.78 is 5.21. The zero-order valence-corrected chi connectivity index (χ0v) is 10.9. The summed E-state index contributed by atoms with van der Waals surface area (Å²) in [6.07, 6.45) is -0.633. The molecule has 0 spiro atoms. The largest absolute Gasteiger partial charge is 0.388 e. The van der Waals surface area contributed by atoms with Crippen molar-refractivity contribution in [2.75, 3.05) is 0 Å². The van der Waals surface area contributed by atoms with Crippen molar-refractivity contribution in [2.24, 2.45) is 0 Å². The van der Waals surface area contributed by atoms with Crippen molar-refractivity contribution in [1.29, 1.82) is 0 Å². The van der Waals surface area contributed by atoms with Crippen LogP contribution in [0, 0.1) is 0 Å². The van der Waals surface area contributed by atoms with Crippen LogP contribution in [0.4, 0.5) is 0 Å². The molecule has 4 heteroatoms. The van der Waals surface area contributed by atoms with Crippen LogP contribution < -0.4 is 0 Å². The van der Waals surface area contributed by atoms with Crippen molar-refractivity contribution in [3.8, 4) is 0 Å². The summed E-state index contributed by atoms with van der Waals surface area (Å²) in [6, 6.07) is 9.50. The molecule has 0 bridgehead atoms. The van der Waals surface area contributed by atoms with E-state index in [4.69, 9.17) is 4.52 Å². The third kappa shape index (κ3) is 2.59. The Morgan fingerprint density at radius 1 is 1.11 bits per heavy atom. The van der Waals surface area contributed by atoms with Crippen molar-refractivity contribution in [1.82, 2.24) is 10.1 Å². The highest BCUT2D eigenvalue weighted by Gasteiger charge is 2.24. The quantitative estimate of drug-likeness (QED) is 0.900. The fraction of sp³-hybridized carbons (Fsp3) is 0.429. The summed E-state index contributed by atoms with van der Waals surface area (Å²) in [5, 5.41) is 14.2. The summed E-state index contributed by atoms with van der Waals surface area (Å²) in [5.74, 6) is 1.17. The molecule has 0 aliphatic carbocycles. The second-order valence-corrected chi connectivity index (χ2v) is 4.79. The fourth-order valence-corrected chi connectivity index (χ4v) is 1.74. The first-order chi connectivity index (χ1) is 8.59. The minimum absolute atomic E-state index is 0.215. The summed E-state index contributed by atoms with van der Waals surface area (Å²) >= 11 is 0. The van der Waals surface area contributed by atoms with Gasteiger partial charge in [-0.25, -0.2) is 0 Å². The van der Waals surface area contributed by atoms with Crippen LogP contribution >= 0.6 is 0 Å². The van der Waals surface area contributed by atoms with Crippen LogP contribution in [0.2, 0.25) is 0 Å². The summed E-state index contributed by atoms with van der Waals surface area (Å²) in [6.45, 7) is 5.90. The maximum Gasteiger partial charge on any atom is 0.232 e. The molecule has 1 heterocycles. The second-order valence-electron chi connectivity index (χ2n) is 4.79. The van der Waals surface area contributed by atoms with E-state index in [0.29, 0.717) is 11.7 Å². The maximum absolute atomic E-state index is 10.3. The topological polar surface area (TPSA) is 59.2 Å². The Morgan fingerprint density at radius 3 is 2.33 bits per heavy atom. The molecule has 0 saturated heterocycles. The molecule has 18 heavy (non-hydrogen) atoms. The number of aliphatic hydroxyl groups excluding tert-OH is 1. The summed E-state index contributed by atoms with van der Waals surface area (Å²) in [7, 11) is 0. The van der Waals surface area contributed by atoms with Gasteiger partial charge in [-0.15, -0.1) is 0 Å². The number of aliphatic hydroxyl groups is 1. The SMILES string of the molecule is CC(C)c1noc(C(C)C(O)c2ccccc2)n1. The molecule has 0 amide bonds. The molecule has 2 aromatic rings. The van der Waals surface area contributed by atoms with Gasteiger partial charge in [-0.05, 0) is 5.56 Å². The zero-order valence-electron chi connectivity index (χ0n) is 10.9. The average molecular weight is 246 g/mol. The van der Waals surface area contributed by atoms with Crippen LogP contribution in [0.25, 0.3) is 0 Å². The minimum Gasteiger partial charge on any atom is -0.388 e. The highest BCUT2D eigenvalue weighted by molar-refractivity contribution is 5.20. The highest BCUT2D eigenvalue weighted by Crippen LogP contribution is 2.29. The number of aromatic nitrogens is 2. The van der Waals surface area contributed by atoms with Crippen LogP contribution in [-0.4, -0.2) is 15.2 Å². The summed E-state index contributed by atoms with van der Waals surface area (Å²) in [5.41, 5.74) is 0.856. The second kappa shape index (κ2) is 5.31. The Bertz CT molecular complexity index is 494. The molecule has 1 N–H and O–H groups in total. The van der Waals surface area contributed by atoms with Gasteiger partial charge in [0.15, 0.2) is 5.82 Å². The average Bonchev–Trinajstić information content (AvgIpc) is 2.88. The van der Waals surface area contributed by atoms with Gasteiger partial charge in [0.25, 0.3) is 0 Å². The smallest absolute Gasteiger partial charge is 0.232 e. The van der Waals surface area contributed by atoms with E-state index >= 15 is 0 Å². The van der Waals surface area contributed by atoms with Crippen LogP contribution in [0.15, 0.2) is 34.9 Å². The van der Waals surface area contributed by atoms with Crippen molar-refractivity contribution < 1.29 is 9.63 Å². The van der Waals surface area contributed by atoms with Gasteiger partial charge in [-0.2, -0.15) is 4.98 Å². The monoisotopic (exact) mass is 246 g/mol. The van der Waals surface area contributed by atoms with Gasteiger partial charge >= 0.3 is 0 Å². The lowest BCUT2D eigenvalue weighted by molar-refractivity contribution is 0.135. The van der Waals surface area contributed by atoms with Gasteiger partial charge in [0.05, 0.1) is 12.0 Å². The molecule has 0 fully saturated rings. The van der Waals surface area contributed by atoms with Crippen LogP contribution in [-0.2, 0) is 0 Å². The Balaban J connectivity index is 2.17. The van der Waals surface area contributed by atoms with Crippen molar-refractivity contribution in [3.05, 3.63) is 47.6 Å².